The predicted molar refractivity (Wildman–Crippen MR) is 57.5 cm³/mol. The van der Waals surface area contributed by atoms with Gasteiger partial charge in [0, 0.05) is 29.6 Å². The summed E-state index contributed by atoms with van der Waals surface area (Å²) in [6.07, 6.45) is 4.58. The highest BCUT2D eigenvalue weighted by Gasteiger charge is 2.26. The summed E-state index contributed by atoms with van der Waals surface area (Å²) < 4.78 is 0. The normalized spacial score (nSPS) is 18.4. The quantitative estimate of drug-likeness (QED) is 0.777. The van der Waals surface area contributed by atoms with Crippen LogP contribution in [0.1, 0.15) is 35.6 Å². The summed E-state index contributed by atoms with van der Waals surface area (Å²) in [6, 6.07) is 0.168. The predicted octanol–water partition coefficient (Wildman–Crippen LogP) is 1.49. The summed E-state index contributed by atoms with van der Waals surface area (Å²) in [5, 5.41) is 13.4. The van der Waals surface area contributed by atoms with E-state index in [-0.39, 0.29) is 12.6 Å². The number of nitrogens with zero attached hydrogens (tertiary/aromatic N) is 1. The van der Waals surface area contributed by atoms with Crippen molar-refractivity contribution in [2.45, 2.75) is 38.3 Å². The van der Waals surface area contributed by atoms with Crippen molar-refractivity contribution in [3.63, 3.8) is 0 Å². The van der Waals surface area contributed by atoms with Crippen molar-refractivity contribution in [1.29, 1.82) is 0 Å². The number of hydrogen-bond acceptors (Lipinski definition) is 4. The molecule has 2 N–H and O–H groups in total. The fourth-order valence-electron chi connectivity index (χ4n) is 1.26. The van der Waals surface area contributed by atoms with Crippen LogP contribution in [0.2, 0.25) is 0 Å². The van der Waals surface area contributed by atoms with Crippen molar-refractivity contribution in [3.05, 3.63) is 16.1 Å². The molecule has 1 aliphatic rings. The third kappa shape index (κ3) is 2.53. The van der Waals surface area contributed by atoms with Gasteiger partial charge in [0.25, 0.3) is 0 Å². The minimum Gasteiger partial charge on any atom is -0.395 e. The molecule has 2 rings (SSSR count). The van der Waals surface area contributed by atoms with E-state index in [0.29, 0.717) is 0 Å². The van der Waals surface area contributed by atoms with Crippen molar-refractivity contribution >= 4 is 11.3 Å². The standard InChI is InChI=1S/C10H16N2OS/c1-7(6-13)11-4-9-5-12-10(14-9)8-2-3-8/h5,7-8,11,13H,2-4,6H2,1H3/t7-/m1/s1. The van der Waals surface area contributed by atoms with Crippen molar-refractivity contribution in [3.8, 4) is 0 Å². The minimum absolute atomic E-state index is 0.168. The molecule has 1 atom stereocenters. The molecule has 0 radical (unpaired) electrons. The molecule has 1 fully saturated rings. The van der Waals surface area contributed by atoms with Gasteiger partial charge in [0.1, 0.15) is 0 Å². The molecule has 0 bridgehead atoms. The van der Waals surface area contributed by atoms with Crippen LogP contribution in [0.3, 0.4) is 0 Å². The fraction of sp³-hybridized carbons (Fsp3) is 0.700. The summed E-state index contributed by atoms with van der Waals surface area (Å²) >= 11 is 1.80. The van der Waals surface area contributed by atoms with Crippen molar-refractivity contribution in [2.24, 2.45) is 0 Å². The Morgan fingerprint density at radius 2 is 2.50 bits per heavy atom. The van der Waals surface area contributed by atoms with E-state index in [1.165, 1.54) is 22.7 Å². The topological polar surface area (TPSA) is 45.1 Å². The van der Waals surface area contributed by atoms with E-state index < -0.39 is 0 Å². The molecule has 1 heterocycles. The van der Waals surface area contributed by atoms with Gasteiger partial charge in [-0.1, -0.05) is 0 Å². The van der Waals surface area contributed by atoms with Crippen molar-refractivity contribution in [1.82, 2.24) is 10.3 Å². The van der Waals surface area contributed by atoms with E-state index in [4.69, 9.17) is 5.11 Å². The van der Waals surface area contributed by atoms with Gasteiger partial charge < -0.3 is 10.4 Å². The third-order valence-corrected chi connectivity index (χ3v) is 3.56. The lowest BCUT2D eigenvalue weighted by Crippen LogP contribution is -2.28. The largest absolute Gasteiger partial charge is 0.395 e. The zero-order chi connectivity index (χ0) is 9.97. The molecule has 3 nitrogen and oxygen atoms in total. The smallest absolute Gasteiger partial charge is 0.0959 e. The van der Waals surface area contributed by atoms with Crippen LogP contribution in [-0.2, 0) is 6.54 Å². The molecule has 0 unspecified atom stereocenters. The van der Waals surface area contributed by atoms with Gasteiger partial charge in [-0.25, -0.2) is 4.98 Å². The lowest BCUT2D eigenvalue weighted by molar-refractivity contribution is 0.251. The first kappa shape index (κ1) is 10.1. The highest BCUT2D eigenvalue weighted by atomic mass is 32.1. The van der Waals surface area contributed by atoms with Gasteiger partial charge in [-0.05, 0) is 19.8 Å². The number of thiazole rings is 1. The first-order valence-electron chi connectivity index (χ1n) is 5.08. The van der Waals surface area contributed by atoms with Gasteiger partial charge in [-0.2, -0.15) is 0 Å². The molecule has 78 valence electrons. The summed E-state index contributed by atoms with van der Waals surface area (Å²) in [7, 11) is 0. The van der Waals surface area contributed by atoms with Gasteiger partial charge in [0.05, 0.1) is 11.6 Å². The Hall–Kier alpha value is -0.450. The van der Waals surface area contributed by atoms with Gasteiger partial charge in [-0.15, -0.1) is 11.3 Å². The Kier molecular flexibility index (Phi) is 3.15. The maximum atomic E-state index is 8.84. The van der Waals surface area contributed by atoms with Gasteiger partial charge in [0.15, 0.2) is 0 Å². The number of aliphatic hydroxyl groups excluding tert-OH is 1. The van der Waals surface area contributed by atoms with Crippen LogP contribution in [0.5, 0.6) is 0 Å². The Morgan fingerprint density at radius 1 is 1.71 bits per heavy atom. The van der Waals surface area contributed by atoms with Crippen LogP contribution in [0.15, 0.2) is 6.20 Å². The van der Waals surface area contributed by atoms with E-state index in [2.05, 4.69) is 10.3 Å². The van der Waals surface area contributed by atoms with Crippen LogP contribution in [0.4, 0.5) is 0 Å². The van der Waals surface area contributed by atoms with Gasteiger partial charge in [-0.3, -0.25) is 0 Å². The number of nitrogens with one attached hydrogen (secondary N) is 1. The maximum Gasteiger partial charge on any atom is 0.0959 e. The summed E-state index contributed by atoms with van der Waals surface area (Å²) in [5.41, 5.74) is 0. The molecule has 14 heavy (non-hydrogen) atoms. The SMILES string of the molecule is C[C@H](CO)NCc1cnc(C2CC2)s1. The molecule has 1 aliphatic carbocycles. The Bertz CT molecular complexity index is 296. The second-order valence-corrected chi connectivity index (χ2v) is 5.05. The fourth-order valence-corrected chi connectivity index (χ4v) is 2.30. The highest BCUT2D eigenvalue weighted by molar-refractivity contribution is 7.11. The molecule has 0 amide bonds. The summed E-state index contributed by atoms with van der Waals surface area (Å²) in [4.78, 5) is 5.67. The average molecular weight is 212 g/mol. The molecule has 1 aromatic heterocycles. The number of hydrogen-bond donors (Lipinski definition) is 2. The molecular formula is C10H16N2OS. The molecule has 1 aromatic rings. The van der Waals surface area contributed by atoms with Crippen LogP contribution in [0.25, 0.3) is 0 Å². The number of rotatable bonds is 5. The molecular weight excluding hydrogens is 196 g/mol. The monoisotopic (exact) mass is 212 g/mol. The van der Waals surface area contributed by atoms with Gasteiger partial charge in [0.2, 0.25) is 0 Å². The summed E-state index contributed by atoms with van der Waals surface area (Å²) in [6.45, 7) is 2.99. The lowest BCUT2D eigenvalue weighted by atomic mass is 10.3. The molecule has 0 aliphatic heterocycles. The zero-order valence-electron chi connectivity index (χ0n) is 8.36. The second-order valence-electron chi connectivity index (χ2n) is 3.90. The lowest BCUT2D eigenvalue weighted by Gasteiger charge is -2.08. The Morgan fingerprint density at radius 3 is 3.14 bits per heavy atom. The van der Waals surface area contributed by atoms with Crippen LogP contribution >= 0.6 is 11.3 Å². The molecule has 0 spiro atoms. The first-order chi connectivity index (χ1) is 6.79. The Labute approximate surface area is 88.2 Å². The second kappa shape index (κ2) is 4.38. The third-order valence-electron chi connectivity index (χ3n) is 2.40. The van der Waals surface area contributed by atoms with Crippen molar-refractivity contribution < 1.29 is 5.11 Å². The number of aliphatic hydroxyl groups is 1. The molecule has 0 saturated heterocycles. The van der Waals surface area contributed by atoms with E-state index in [1.54, 1.807) is 11.3 Å². The zero-order valence-corrected chi connectivity index (χ0v) is 9.18. The van der Waals surface area contributed by atoms with E-state index in [0.717, 1.165) is 12.5 Å². The highest BCUT2D eigenvalue weighted by Crippen LogP contribution is 2.41. The van der Waals surface area contributed by atoms with E-state index in [9.17, 15) is 0 Å². The molecule has 1 saturated carbocycles. The maximum absolute atomic E-state index is 8.84. The number of aromatic nitrogens is 1. The summed E-state index contributed by atoms with van der Waals surface area (Å²) in [5.74, 6) is 0.754. The Balaban J connectivity index is 1.83. The van der Waals surface area contributed by atoms with Crippen LogP contribution < -0.4 is 5.32 Å². The minimum atomic E-state index is 0.168. The van der Waals surface area contributed by atoms with Crippen molar-refractivity contribution in [2.75, 3.05) is 6.61 Å². The molecule has 0 aromatic carbocycles. The van der Waals surface area contributed by atoms with E-state index >= 15 is 0 Å². The van der Waals surface area contributed by atoms with Crippen LogP contribution in [-0.4, -0.2) is 22.7 Å². The van der Waals surface area contributed by atoms with Gasteiger partial charge >= 0.3 is 0 Å². The average Bonchev–Trinajstić information content (AvgIpc) is 2.95. The first-order valence-corrected chi connectivity index (χ1v) is 5.90. The van der Waals surface area contributed by atoms with Crippen LogP contribution in [0, 0.1) is 0 Å². The van der Waals surface area contributed by atoms with E-state index in [1.807, 2.05) is 13.1 Å². The molecule has 4 heteroatoms.